The molecule has 1 unspecified atom stereocenters. The van der Waals surface area contributed by atoms with Crippen molar-refractivity contribution in [3.05, 3.63) is 35.4 Å². The number of benzene rings is 1. The molecule has 0 spiro atoms. The molecule has 1 atom stereocenters. The molecule has 0 aliphatic rings. The summed E-state index contributed by atoms with van der Waals surface area (Å²) in [5.74, 6) is -1.34. The zero-order chi connectivity index (χ0) is 15.1. The number of carboxylic acids is 1. The number of carbonyl (C=O) groups is 2. The first-order valence-corrected chi connectivity index (χ1v) is 6.72. The van der Waals surface area contributed by atoms with Crippen LogP contribution in [0, 0.1) is 0 Å². The molecule has 2 N–H and O–H groups in total. The van der Waals surface area contributed by atoms with E-state index in [0.717, 1.165) is 17.7 Å². The van der Waals surface area contributed by atoms with E-state index in [2.05, 4.69) is 5.32 Å². The van der Waals surface area contributed by atoms with Gasteiger partial charge >= 0.3 is 5.97 Å². The summed E-state index contributed by atoms with van der Waals surface area (Å²) < 4.78 is 0. The molecule has 0 saturated carbocycles. The van der Waals surface area contributed by atoms with E-state index in [4.69, 9.17) is 5.11 Å². The monoisotopic (exact) mass is 278 g/mol. The van der Waals surface area contributed by atoms with Crippen molar-refractivity contribution < 1.29 is 14.7 Å². The predicted octanol–water partition coefficient (Wildman–Crippen LogP) is 1.44. The van der Waals surface area contributed by atoms with Crippen molar-refractivity contribution in [2.24, 2.45) is 0 Å². The van der Waals surface area contributed by atoms with Crippen LogP contribution in [-0.4, -0.2) is 42.0 Å². The summed E-state index contributed by atoms with van der Waals surface area (Å²) in [6.45, 7) is 5.48. The highest BCUT2D eigenvalue weighted by Crippen LogP contribution is 2.16. The topological polar surface area (TPSA) is 69.6 Å². The zero-order valence-electron chi connectivity index (χ0n) is 12.2. The van der Waals surface area contributed by atoms with E-state index in [1.165, 1.54) is 0 Å². The standard InChI is InChI=1S/C15H22N2O3/c1-4-17(10-14(18)16-3)9-12-5-7-13(8-6-12)11(2)15(19)20/h5-8,11H,4,9-10H2,1-3H3,(H,16,18)(H,19,20). The van der Waals surface area contributed by atoms with Crippen molar-refractivity contribution >= 4 is 11.9 Å². The summed E-state index contributed by atoms with van der Waals surface area (Å²) in [6, 6.07) is 7.51. The summed E-state index contributed by atoms with van der Waals surface area (Å²) in [4.78, 5) is 24.3. The molecule has 0 heterocycles. The molecule has 5 heteroatoms. The van der Waals surface area contributed by atoms with Crippen LogP contribution in [-0.2, 0) is 16.1 Å². The SMILES string of the molecule is CCN(CC(=O)NC)Cc1ccc(C(C)C(=O)O)cc1. The van der Waals surface area contributed by atoms with Crippen LogP contribution in [0.1, 0.15) is 30.9 Å². The first-order chi connectivity index (χ1) is 9.47. The number of hydrogen-bond acceptors (Lipinski definition) is 3. The Bertz CT molecular complexity index is 457. The Morgan fingerprint density at radius 1 is 1.30 bits per heavy atom. The summed E-state index contributed by atoms with van der Waals surface area (Å²) in [5, 5.41) is 11.6. The van der Waals surface area contributed by atoms with E-state index in [0.29, 0.717) is 13.1 Å². The van der Waals surface area contributed by atoms with Crippen LogP contribution < -0.4 is 5.32 Å². The Morgan fingerprint density at radius 2 is 1.90 bits per heavy atom. The van der Waals surface area contributed by atoms with Gasteiger partial charge < -0.3 is 10.4 Å². The Morgan fingerprint density at radius 3 is 2.35 bits per heavy atom. The summed E-state index contributed by atoms with van der Waals surface area (Å²) in [7, 11) is 1.62. The second-order valence-corrected chi connectivity index (χ2v) is 4.78. The Labute approximate surface area is 119 Å². The molecule has 1 rings (SSSR count). The third-order valence-corrected chi connectivity index (χ3v) is 3.35. The highest BCUT2D eigenvalue weighted by atomic mass is 16.4. The lowest BCUT2D eigenvalue weighted by Crippen LogP contribution is -2.35. The molecule has 0 aliphatic heterocycles. The molecule has 110 valence electrons. The van der Waals surface area contributed by atoms with Crippen molar-refractivity contribution in [1.82, 2.24) is 10.2 Å². The van der Waals surface area contributed by atoms with Gasteiger partial charge in [0.1, 0.15) is 0 Å². The van der Waals surface area contributed by atoms with Crippen molar-refractivity contribution in [3.63, 3.8) is 0 Å². The summed E-state index contributed by atoms with van der Waals surface area (Å²) >= 11 is 0. The second-order valence-electron chi connectivity index (χ2n) is 4.78. The number of aliphatic carboxylic acids is 1. The van der Waals surface area contributed by atoms with Gasteiger partial charge in [-0.3, -0.25) is 14.5 Å². The van der Waals surface area contributed by atoms with Crippen molar-refractivity contribution in [2.75, 3.05) is 20.1 Å². The maximum Gasteiger partial charge on any atom is 0.310 e. The van der Waals surface area contributed by atoms with E-state index in [1.807, 2.05) is 36.1 Å². The number of carboxylic acid groups (broad SMARTS) is 1. The number of nitrogens with zero attached hydrogens (tertiary/aromatic N) is 1. The van der Waals surface area contributed by atoms with E-state index >= 15 is 0 Å². The molecular weight excluding hydrogens is 256 g/mol. The fraction of sp³-hybridized carbons (Fsp3) is 0.467. The number of nitrogens with one attached hydrogen (secondary N) is 1. The van der Waals surface area contributed by atoms with Gasteiger partial charge in [-0.1, -0.05) is 31.2 Å². The maximum absolute atomic E-state index is 11.4. The molecule has 1 aromatic rings. The number of hydrogen-bond donors (Lipinski definition) is 2. The molecule has 20 heavy (non-hydrogen) atoms. The zero-order valence-corrected chi connectivity index (χ0v) is 12.2. The maximum atomic E-state index is 11.4. The molecular formula is C15H22N2O3. The van der Waals surface area contributed by atoms with Gasteiger partial charge in [0.15, 0.2) is 0 Å². The average Bonchev–Trinajstić information content (AvgIpc) is 2.46. The third kappa shape index (κ3) is 4.66. The first kappa shape index (κ1) is 16.2. The minimum atomic E-state index is -0.826. The van der Waals surface area contributed by atoms with Crippen LogP contribution in [0.4, 0.5) is 0 Å². The predicted molar refractivity (Wildman–Crippen MR) is 77.5 cm³/mol. The van der Waals surface area contributed by atoms with Gasteiger partial charge in [0, 0.05) is 13.6 Å². The highest BCUT2D eigenvalue weighted by Gasteiger charge is 2.13. The lowest BCUT2D eigenvalue weighted by Gasteiger charge is -2.19. The molecule has 0 radical (unpaired) electrons. The normalized spacial score (nSPS) is 12.2. The van der Waals surface area contributed by atoms with Crippen LogP contribution in [0.2, 0.25) is 0 Å². The molecule has 0 aromatic heterocycles. The van der Waals surface area contributed by atoms with Crippen LogP contribution in [0.25, 0.3) is 0 Å². The lowest BCUT2D eigenvalue weighted by molar-refractivity contribution is -0.138. The van der Waals surface area contributed by atoms with Crippen molar-refractivity contribution in [1.29, 1.82) is 0 Å². The van der Waals surface area contributed by atoms with Gasteiger partial charge in [-0.25, -0.2) is 0 Å². The van der Waals surface area contributed by atoms with Crippen LogP contribution in [0.5, 0.6) is 0 Å². The van der Waals surface area contributed by atoms with Gasteiger partial charge in [0.25, 0.3) is 0 Å². The number of carbonyl (C=O) groups excluding carboxylic acids is 1. The quantitative estimate of drug-likeness (QED) is 0.792. The fourth-order valence-electron chi connectivity index (χ4n) is 1.87. The Hall–Kier alpha value is -1.88. The molecule has 5 nitrogen and oxygen atoms in total. The first-order valence-electron chi connectivity index (χ1n) is 6.72. The number of amides is 1. The largest absolute Gasteiger partial charge is 0.481 e. The third-order valence-electron chi connectivity index (χ3n) is 3.35. The van der Waals surface area contributed by atoms with Gasteiger partial charge in [-0.15, -0.1) is 0 Å². The molecule has 0 saturated heterocycles. The van der Waals surface area contributed by atoms with E-state index in [9.17, 15) is 9.59 Å². The van der Waals surface area contributed by atoms with Gasteiger partial charge in [0.2, 0.25) is 5.91 Å². The highest BCUT2D eigenvalue weighted by molar-refractivity contribution is 5.77. The van der Waals surface area contributed by atoms with Gasteiger partial charge in [-0.2, -0.15) is 0 Å². The average molecular weight is 278 g/mol. The smallest absolute Gasteiger partial charge is 0.310 e. The second kappa shape index (κ2) is 7.65. The van der Waals surface area contributed by atoms with Crippen LogP contribution in [0.15, 0.2) is 24.3 Å². The minimum absolute atomic E-state index is 0.0111. The van der Waals surface area contributed by atoms with Gasteiger partial charge in [-0.05, 0) is 24.6 Å². The molecule has 1 aromatic carbocycles. The fourth-order valence-corrected chi connectivity index (χ4v) is 1.87. The molecule has 0 bridgehead atoms. The van der Waals surface area contributed by atoms with Crippen molar-refractivity contribution in [3.8, 4) is 0 Å². The molecule has 0 fully saturated rings. The molecule has 1 amide bonds. The lowest BCUT2D eigenvalue weighted by atomic mass is 10.00. The van der Waals surface area contributed by atoms with E-state index in [1.54, 1.807) is 14.0 Å². The number of likely N-dealkylation sites (N-methyl/N-ethyl adjacent to an activating group) is 2. The van der Waals surface area contributed by atoms with E-state index in [-0.39, 0.29) is 5.91 Å². The van der Waals surface area contributed by atoms with Crippen LogP contribution in [0.3, 0.4) is 0 Å². The molecule has 0 aliphatic carbocycles. The Balaban J connectivity index is 2.68. The summed E-state index contributed by atoms with van der Waals surface area (Å²) in [6.07, 6.45) is 0. The number of rotatable bonds is 7. The summed E-state index contributed by atoms with van der Waals surface area (Å²) in [5.41, 5.74) is 1.85. The minimum Gasteiger partial charge on any atom is -0.481 e. The van der Waals surface area contributed by atoms with E-state index < -0.39 is 11.9 Å². The Kier molecular flexibility index (Phi) is 6.18. The van der Waals surface area contributed by atoms with Crippen molar-refractivity contribution in [2.45, 2.75) is 26.3 Å². The van der Waals surface area contributed by atoms with Crippen LogP contribution >= 0.6 is 0 Å². The van der Waals surface area contributed by atoms with Gasteiger partial charge in [0.05, 0.1) is 12.5 Å².